The molecule has 2 fully saturated rings. The van der Waals surface area contributed by atoms with E-state index >= 15 is 0 Å². The topological polar surface area (TPSA) is 70.6 Å². The lowest BCUT2D eigenvalue weighted by atomic mass is 9.97. The summed E-state index contributed by atoms with van der Waals surface area (Å²) in [5.74, 6) is -0.856. The molecule has 2 aliphatic heterocycles. The number of amides is 1. The maximum Gasteiger partial charge on any atom is 0.243 e. The molecule has 5 rings (SSSR count). The van der Waals surface area contributed by atoms with Gasteiger partial charge in [0.2, 0.25) is 15.9 Å². The van der Waals surface area contributed by atoms with Crippen LogP contribution in [0.15, 0.2) is 53.4 Å². The largest absolute Gasteiger partial charge is 0.333 e. The van der Waals surface area contributed by atoms with Crippen LogP contribution < -0.4 is 0 Å². The molecule has 1 amide bonds. The van der Waals surface area contributed by atoms with Gasteiger partial charge in [-0.1, -0.05) is 12.1 Å². The fraction of sp³-hybridized carbons (Fsp3) is 0.391. The van der Waals surface area contributed by atoms with E-state index in [1.165, 1.54) is 16.4 Å². The molecule has 2 aromatic carbocycles. The number of sulfonamides is 1. The number of hydrogen-bond donors (Lipinski definition) is 0. The molecule has 2 saturated heterocycles. The minimum absolute atomic E-state index is 0.00534. The van der Waals surface area contributed by atoms with Crippen molar-refractivity contribution in [1.82, 2.24) is 14.2 Å². The van der Waals surface area contributed by atoms with E-state index in [1.54, 1.807) is 11.3 Å². The highest BCUT2D eigenvalue weighted by Crippen LogP contribution is 2.38. The van der Waals surface area contributed by atoms with Gasteiger partial charge in [0.15, 0.2) is 0 Å². The molecule has 3 heterocycles. The summed E-state index contributed by atoms with van der Waals surface area (Å²) < 4.78 is 41.8. The van der Waals surface area contributed by atoms with Gasteiger partial charge in [0.25, 0.3) is 0 Å². The summed E-state index contributed by atoms with van der Waals surface area (Å²) >= 11 is 1.62. The van der Waals surface area contributed by atoms with Crippen LogP contribution in [0, 0.1) is 11.7 Å². The minimum atomic E-state index is -3.77. The second-order valence-corrected chi connectivity index (χ2v) is 11.4. The SMILES string of the molecule is O=C([C@@H]1CCCN(S(=O)(=O)c2ccc(F)cc2)C1)N1CCC[C@H]1c1nc2ccccc2s1. The molecule has 9 heteroatoms. The van der Waals surface area contributed by atoms with Gasteiger partial charge in [0.1, 0.15) is 10.8 Å². The van der Waals surface area contributed by atoms with E-state index in [0.29, 0.717) is 25.9 Å². The number of hydrogen-bond acceptors (Lipinski definition) is 5. The number of fused-ring (bicyclic) bond motifs is 1. The highest BCUT2D eigenvalue weighted by atomic mass is 32.2. The maximum absolute atomic E-state index is 13.5. The van der Waals surface area contributed by atoms with Crippen molar-refractivity contribution in [3.05, 3.63) is 59.4 Å². The van der Waals surface area contributed by atoms with E-state index in [-0.39, 0.29) is 29.3 Å². The molecule has 0 N–H and O–H groups in total. The molecule has 2 aliphatic rings. The first-order valence-electron chi connectivity index (χ1n) is 10.8. The first kappa shape index (κ1) is 21.5. The van der Waals surface area contributed by atoms with Gasteiger partial charge in [-0.05, 0) is 62.1 Å². The van der Waals surface area contributed by atoms with E-state index in [2.05, 4.69) is 0 Å². The number of piperidine rings is 1. The molecule has 6 nitrogen and oxygen atoms in total. The molecule has 0 radical (unpaired) electrons. The second-order valence-electron chi connectivity index (χ2n) is 8.37. The molecular formula is C23H24FN3O3S2. The van der Waals surface area contributed by atoms with Crippen LogP contribution in [-0.4, -0.2) is 48.1 Å². The standard InChI is InChI=1S/C23H24FN3O3S2/c24-17-9-11-18(12-10-17)32(29,30)26-13-3-5-16(15-26)23(28)27-14-4-7-20(27)22-25-19-6-1-2-8-21(19)31-22/h1-2,6,8-12,16,20H,3-5,7,13-15H2/t16-,20+/m1/s1. The fourth-order valence-electron chi connectivity index (χ4n) is 4.67. The molecule has 0 aliphatic carbocycles. The average Bonchev–Trinajstić information content (AvgIpc) is 3.46. The average molecular weight is 474 g/mol. The van der Waals surface area contributed by atoms with E-state index in [4.69, 9.17) is 4.98 Å². The Hall–Kier alpha value is -2.36. The Morgan fingerprint density at radius 1 is 1.03 bits per heavy atom. The zero-order valence-corrected chi connectivity index (χ0v) is 19.1. The van der Waals surface area contributed by atoms with Crippen molar-refractivity contribution in [2.75, 3.05) is 19.6 Å². The lowest BCUT2D eigenvalue weighted by Crippen LogP contribution is -2.46. The number of rotatable bonds is 4. The summed E-state index contributed by atoms with van der Waals surface area (Å²) in [4.78, 5) is 20.2. The number of nitrogens with zero attached hydrogens (tertiary/aromatic N) is 3. The summed E-state index contributed by atoms with van der Waals surface area (Å²) in [5.41, 5.74) is 0.945. The molecule has 0 bridgehead atoms. The van der Waals surface area contributed by atoms with Crippen molar-refractivity contribution in [3.63, 3.8) is 0 Å². The number of para-hydroxylation sites is 1. The molecule has 32 heavy (non-hydrogen) atoms. The van der Waals surface area contributed by atoms with Crippen LogP contribution in [0.1, 0.15) is 36.7 Å². The van der Waals surface area contributed by atoms with Crippen LogP contribution in [0.25, 0.3) is 10.2 Å². The Morgan fingerprint density at radius 2 is 1.78 bits per heavy atom. The van der Waals surface area contributed by atoms with Crippen molar-refractivity contribution in [1.29, 1.82) is 0 Å². The Morgan fingerprint density at radius 3 is 2.56 bits per heavy atom. The number of thiazole rings is 1. The third kappa shape index (κ3) is 3.93. The highest BCUT2D eigenvalue weighted by Gasteiger charge is 2.39. The first-order chi connectivity index (χ1) is 15.4. The van der Waals surface area contributed by atoms with Gasteiger partial charge in [-0.3, -0.25) is 4.79 Å². The van der Waals surface area contributed by atoms with Gasteiger partial charge in [0.05, 0.1) is 27.1 Å². The molecule has 1 aromatic heterocycles. The summed E-state index contributed by atoms with van der Waals surface area (Å²) in [6.07, 6.45) is 3.07. The van der Waals surface area contributed by atoms with Crippen LogP contribution in [-0.2, 0) is 14.8 Å². The quantitative estimate of drug-likeness (QED) is 0.570. The maximum atomic E-state index is 13.5. The van der Waals surface area contributed by atoms with Gasteiger partial charge in [0, 0.05) is 19.6 Å². The van der Waals surface area contributed by atoms with Crippen molar-refractivity contribution < 1.29 is 17.6 Å². The van der Waals surface area contributed by atoms with Gasteiger partial charge in [-0.25, -0.2) is 17.8 Å². The van der Waals surface area contributed by atoms with Crippen LogP contribution in [0.5, 0.6) is 0 Å². The van der Waals surface area contributed by atoms with Crippen LogP contribution in [0.4, 0.5) is 4.39 Å². The minimum Gasteiger partial charge on any atom is -0.333 e. The number of halogens is 1. The lowest BCUT2D eigenvalue weighted by Gasteiger charge is -2.34. The van der Waals surface area contributed by atoms with Crippen LogP contribution in [0.3, 0.4) is 0 Å². The number of aromatic nitrogens is 1. The normalized spacial score (nSPS) is 22.5. The predicted octanol–water partition coefficient (Wildman–Crippen LogP) is 4.20. The Balaban J connectivity index is 1.35. The van der Waals surface area contributed by atoms with Gasteiger partial charge in [-0.2, -0.15) is 4.31 Å². The fourth-order valence-corrected chi connectivity index (χ4v) is 7.31. The number of likely N-dealkylation sites (tertiary alicyclic amines) is 1. The molecule has 0 saturated carbocycles. The molecule has 3 aromatic rings. The van der Waals surface area contributed by atoms with E-state index in [0.717, 1.165) is 40.2 Å². The zero-order chi connectivity index (χ0) is 22.3. The second kappa shape index (κ2) is 8.53. The lowest BCUT2D eigenvalue weighted by molar-refractivity contribution is -0.137. The first-order valence-corrected chi connectivity index (χ1v) is 13.1. The Labute approximate surface area is 190 Å². The molecule has 2 atom stereocenters. The van der Waals surface area contributed by atoms with Crippen molar-refractivity contribution in [3.8, 4) is 0 Å². The van der Waals surface area contributed by atoms with Crippen molar-refractivity contribution in [2.24, 2.45) is 5.92 Å². The van der Waals surface area contributed by atoms with Gasteiger partial charge in [-0.15, -0.1) is 11.3 Å². The number of carbonyl (C=O) groups is 1. The van der Waals surface area contributed by atoms with Gasteiger partial charge >= 0.3 is 0 Å². The van der Waals surface area contributed by atoms with E-state index in [1.807, 2.05) is 29.2 Å². The third-order valence-electron chi connectivity index (χ3n) is 6.32. The molecule has 0 unspecified atom stereocenters. The highest BCUT2D eigenvalue weighted by molar-refractivity contribution is 7.89. The summed E-state index contributed by atoms with van der Waals surface area (Å²) in [7, 11) is -3.77. The molecular weight excluding hydrogens is 449 g/mol. The van der Waals surface area contributed by atoms with E-state index < -0.39 is 15.8 Å². The molecule has 0 spiro atoms. The van der Waals surface area contributed by atoms with Crippen molar-refractivity contribution in [2.45, 2.75) is 36.6 Å². The Bertz CT molecular complexity index is 1210. The van der Waals surface area contributed by atoms with Crippen LogP contribution >= 0.6 is 11.3 Å². The third-order valence-corrected chi connectivity index (χ3v) is 9.33. The van der Waals surface area contributed by atoms with Crippen molar-refractivity contribution >= 4 is 37.5 Å². The summed E-state index contributed by atoms with van der Waals surface area (Å²) in [6.45, 7) is 1.19. The van der Waals surface area contributed by atoms with Crippen LogP contribution in [0.2, 0.25) is 0 Å². The Kier molecular flexibility index (Phi) is 5.73. The predicted molar refractivity (Wildman–Crippen MR) is 121 cm³/mol. The zero-order valence-electron chi connectivity index (χ0n) is 17.5. The van der Waals surface area contributed by atoms with E-state index in [9.17, 15) is 17.6 Å². The summed E-state index contributed by atoms with van der Waals surface area (Å²) in [5, 5.41) is 0.948. The monoisotopic (exact) mass is 473 g/mol. The smallest absolute Gasteiger partial charge is 0.243 e. The van der Waals surface area contributed by atoms with Gasteiger partial charge < -0.3 is 4.90 Å². The molecule has 168 valence electrons. The summed E-state index contributed by atoms with van der Waals surface area (Å²) in [6, 6.07) is 12.8. The number of benzene rings is 2. The number of carbonyl (C=O) groups excluding carboxylic acids is 1.